The first-order valence-electron chi connectivity index (χ1n) is 5.04. The first kappa shape index (κ1) is 11.3. The van der Waals surface area contributed by atoms with Crippen LogP contribution in [-0.4, -0.2) is 35.7 Å². The number of hydrogen-bond donors (Lipinski definition) is 3. The molecule has 1 atom stereocenters. The molecule has 1 unspecified atom stereocenters. The molecule has 1 aliphatic rings. The van der Waals surface area contributed by atoms with Gasteiger partial charge in [-0.15, -0.1) is 0 Å². The van der Waals surface area contributed by atoms with Gasteiger partial charge in [0, 0.05) is 18.0 Å². The third-order valence-corrected chi connectivity index (χ3v) is 2.67. The molecule has 1 aromatic rings. The van der Waals surface area contributed by atoms with Gasteiger partial charge in [-0.25, -0.2) is 0 Å². The highest BCUT2D eigenvalue weighted by Crippen LogP contribution is 2.32. The van der Waals surface area contributed by atoms with E-state index < -0.39 is 7.12 Å². The van der Waals surface area contributed by atoms with Gasteiger partial charge in [0.1, 0.15) is 0 Å². The molecule has 1 aliphatic heterocycles. The molecule has 1 heterocycles. The van der Waals surface area contributed by atoms with Crippen LogP contribution in [0.1, 0.15) is 18.4 Å². The van der Waals surface area contributed by atoms with E-state index in [9.17, 15) is 10.0 Å². The maximum absolute atomic E-state index is 9.35. The van der Waals surface area contributed by atoms with E-state index in [0.29, 0.717) is 17.1 Å². The minimum absolute atomic E-state index is 0.0701. The van der Waals surface area contributed by atoms with Crippen LogP contribution in [0.4, 0.5) is 0 Å². The SMILES string of the molecule is CC(CO)c1ccc2c(c1B(O)O)OCO2. The molecule has 0 aromatic heterocycles. The Bertz CT molecular complexity index is 393. The predicted molar refractivity (Wildman–Crippen MR) is 57.9 cm³/mol. The van der Waals surface area contributed by atoms with Crippen LogP contribution < -0.4 is 14.9 Å². The fourth-order valence-corrected chi connectivity index (χ4v) is 1.80. The van der Waals surface area contributed by atoms with Gasteiger partial charge < -0.3 is 24.6 Å². The Balaban J connectivity index is 2.53. The first-order chi connectivity index (χ1) is 7.65. The van der Waals surface area contributed by atoms with Gasteiger partial charge in [-0.2, -0.15) is 0 Å². The molecule has 3 N–H and O–H groups in total. The molecule has 0 radical (unpaired) electrons. The van der Waals surface area contributed by atoms with Gasteiger partial charge in [0.15, 0.2) is 11.5 Å². The molecule has 86 valence electrons. The van der Waals surface area contributed by atoms with Crippen molar-refractivity contribution < 1.29 is 24.6 Å². The quantitative estimate of drug-likeness (QED) is 0.585. The Kier molecular flexibility index (Phi) is 3.04. The average molecular weight is 224 g/mol. The second kappa shape index (κ2) is 4.33. The fraction of sp³-hybridized carbons (Fsp3) is 0.400. The summed E-state index contributed by atoms with van der Waals surface area (Å²) in [4.78, 5) is 0. The molecule has 0 aliphatic carbocycles. The topological polar surface area (TPSA) is 79.2 Å². The monoisotopic (exact) mass is 224 g/mol. The molecule has 5 nitrogen and oxygen atoms in total. The van der Waals surface area contributed by atoms with Crippen LogP contribution in [0.5, 0.6) is 11.5 Å². The van der Waals surface area contributed by atoms with Crippen molar-refractivity contribution in [2.75, 3.05) is 13.4 Å². The van der Waals surface area contributed by atoms with Gasteiger partial charge in [0.2, 0.25) is 6.79 Å². The van der Waals surface area contributed by atoms with E-state index in [-0.39, 0.29) is 24.8 Å². The zero-order chi connectivity index (χ0) is 11.7. The summed E-state index contributed by atoms with van der Waals surface area (Å²) in [5.41, 5.74) is 0.929. The third kappa shape index (κ3) is 1.75. The highest BCUT2D eigenvalue weighted by Gasteiger charge is 2.29. The minimum Gasteiger partial charge on any atom is -0.454 e. The van der Waals surface area contributed by atoms with Crippen molar-refractivity contribution in [3.63, 3.8) is 0 Å². The standard InChI is InChI=1S/C10H13BO5/c1-6(4-12)7-2-3-8-10(16-5-15-8)9(7)11(13)14/h2-3,6,12-14H,4-5H2,1H3. The summed E-state index contributed by atoms with van der Waals surface area (Å²) in [5.74, 6) is 0.663. The van der Waals surface area contributed by atoms with Gasteiger partial charge >= 0.3 is 7.12 Å². The summed E-state index contributed by atoms with van der Waals surface area (Å²) >= 11 is 0. The Labute approximate surface area is 93.4 Å². The van der Waals surface area contributed by atoms with Crippen LogP contribution in [-0.2, 0) is 0 Å². The highest BCUT2D eigenvalue weighted by atomic mass is 16.7. The van der Waals surface area contributed by atoms with Gasteiger partial charge in [-0.05, 0) is 11.6 Å². The number of aliphatic hydroxyl groups is 1. The van der Waals surface area contributed by atoms with Gasteiger partial charge in [-0.1, -0.05) is 13.0 Å². The number of aliphatic hydroxyl groups excluding tert-OH is 1. The largest absolute Gasteiger partial charge is 0.492 e. The number of benzene rings is 1. The molecule has 0 spiro atoms. The first-order valence-corrected chi connectivity index (χ1v) is 5.04. The van der Waals surface area contributed by atoms with Crippen LogP contribution in [0.3, 0.4) is 0 Å². The predicted octanol–water partition coefficient (Wildman–Crippen LogP) is -0.809. The van der Waals surface area contributed by atoms with Gasteiger partial charge in [-0.3, -0.25) is 0 Å². The van der Waals surface area contributed by atoms with E-state index >= 15 is 0 Å². The summed E-state index contributed by atoms with van der Waals surface area (Å²) in [6.45, 7) is 1.80. The van der Waals surface area contributed by atoms with Gasteiger partial charge in [0.25, 0.3) is 0 Å². The zero-order valence-corrected chi connectivity index (χ0v) is 8.88. The molecule has 2 rings (SSSR count). The lowest BCUT2D eigenvalue weighted by Crippen LogP contribution is -2.35. The minimum atomic E-state index is -1.64. The molecule has 16 heavy (non-hydrogen) atoms. The molecule has 6 heteroatoms. The van der Waals surface area contributed by atoms with E-state index in [4.69, 9.17) is 14.6 Å². The Morgan fingerprint density at radius 2 is 2.12 bits per heavy atom. The average Bonchev–Trinajstić information content (AvgIpc) is 2.73. The molecule has 0 saturated carbocycles. The Morgan fingerprint density at radius 1 is 1.38 bits per heavy atom. The molecule has 0 fully saturated rings. The lowest BCUT2D eigenvalue weighted by Gasteiger charge is -2.15. The highest BCUT2D eigenvalue weighted by molar-refractivity contribution is 6.60. The van der Waals surface area contributed by atoms with Crippen molar-refractivity contribution in [2.45, 2.75) is 12.8 Å². The summed E-state index contributed by atoms with van der Waals surface area (Å²) < 4.78 is 10.4. The fourth-order valence-electron chi connectivity index (χ4n) is 1.80. The van der Waals surface area contributed by atoms with Gasteiger partial charge in [0.05, 0.1) is 0 Å². The smallest absolute Gasteiger partial charge is 0.454 e. The lowest BCUT2D eigenvalue weighted by atomic mass is 9.73. The van der Waals surface area contributed by atoms with Crippen LogP contribution in [0.2, 0.25) is 0 Å². The zero-order valence-electron chi connectivity index (χ0n) is 8.88. The molecule has 1 aromatic carbocycles. The van der Waals surface area contributed by atoms with E-state index in [1.54, 1.807) is 19.1 Å². The summed E-state index contributed by atoms with van der Waals surface area (Å²) in [6.07, 6.45) is 0. The van der Waals surface area contributed by atoms with E-state index in [1.165, 1.54) is 0 Å². The van der Waals surface area contributed by atoms with E-state index in [2.05, 4.69) is 0 Å². The molecular formula is C10H13BO5. The van der Waals surface area contributed by atoms with Crippen LogP contribution >= 0.6 is 0 Å². The lowest BCUT2D eigenvalue weighted by molar-refractivity contribution is 0.174. The van der Waals surface area contributed by atoms with Crippen LogP contribution in [0, 0.1) is 0 Å². The summed E-state index contributed by atoms with van der Waals surface area (Å²) in [7, 11) is -1.64. The number of ether oxygens (including phenoxy) is 2. The molecule has 0 amide bonds. The van der Waals surface area contributed by atoms with Crippen LogP contribution in [0.25, 0.3) is 0 Å². The Morgan fingerprint density at radius 3 is 2.75 bits per heavy atom. The second-order valence-electron chi connectivity index (χ2n) is 3.76. The molecular weight excluding hydrogens is 211 g/mol. The normalized spacial score (nSPS) is 15.0. The van der Waals surface area contributed by atoms with Crippen LogP contribution in [0.15, 0.2) is 12.1 Å². The van der Waals surface area contributed by atoms with Crippen molar-refractivity contribution in [3.05, 3.63) is 17.7 Å². The maximum Gasteiger partial charge on any atom is 0.492 e. The maximum atomic E-state index is 9.35. The second-order valence-corrected chi connectivity index (χ2v) is 3.76. The number of hydrogen-bond acceptors (Lipinski definition) is 5. The summed E-state index contributed by atoms with van der Waals surface area (Å²) in [6, 6.07) is 3.42. The van der Waals surface area contributed by atoms with Crippen molar-refractivity contribution in [3.8, 4) is 11.5 Å². The van der Waals surface area contributed by atoms with Crippen molar-refractivity contribution >= 4 is 12.6 Å². The third-order valence-electron chi connectivity index (χ3n) is 2.67. The molecule has 0 saturated heterocycles. The van der Waals surface area contributed by atoms with Crippen molar-refractivity contribution in [1.29, 1.82) is 0 Å². The van der Waals surface area contributed by atoms with E-state index in [0.717, 1.165) is 0 Å². The Hall–Kier alpha value is -1.24. The number of rotatable bonds is 3. The van der Waals surface area contributed by atoms with E-state index in [1.807, 2.05) is 0 Å². The summed E-state index contributed by atoms with van der Waals surface area (Å²) in [5, 5.41) is 27.8. The number of fused-ring (bicyclic) bond motifs is 1. The van der Waals surface area contributed by atoms with Crippen molar-refractivity contribution in [1.82, 2.24) is 0 Å². The molecule has 0 bridgehead atoms. The van der Waals surface area contributed by atoms with Crippen molar-refractivity contribution in [2.24, 2.45) is 0 Å².